The summed E-state index contributed by atoms with van der Waals surface area (Å²) in [4.78, 5) is 11.5. The maximum atomic E-state index is 11.5. The summed E-state index contributed by atoms with van der Waals surface area (Å²) in [6.45, 7) is 4.70. The van der Waals surface area contributed by atoms with E-state index in [1.165, 1.54) is 5.56 Å². The SMILES string of the molecule is CC[CH]CNC(=O)c1ccc(C)cc1. The Balaban J connectivity index is 2.48. The number of carbonyl (C=O) groups is 1. The highest BCUT2D eigenvalue weighted by Gasteiger charge is 2.02. The van der Waals surface area contributed by atoms with E-state index in [1.54, 1.807) is 0 Å². The van der Waals surface area contributed by atoms with Crippen LogP contribution in [0.3, 0.4) is 0 Å². The molecule has 0 atom stereocenters. The van der Waals surface area contributed by atoms with Crippen molar-refractivity contribution in [2.24, 2.45) is 0 Å². The third-order valence-corrected chi connectivity index (χ3v) is 2.01. The summed E-state index contributed by atoms with van der Waals surface area (Å²) in [5.41, 5.74) is 1.89. The molecule has 0 fully saturated rings. The lowest BCUT2D eigenvalue weighted by Crippen LogP contribution is -2.24. The largest absolute Gasteiger partial charge is 0.352 e. The van der Waals surface area contributed by atoms with E-state index in [0.29, 0.717) is 6.54 Å². The van der Waals surface area contributed by atoms with Gasteiger partial charge in [0, 0.05) is 12.1 Å². The molecule has 1 N–H and O–H groups in total. The number of rotatable bonds is 4. The van der Waals surface area contributed by atoms with E-state index in [2.05, 4.69) is 12.2 Å². The molecule has 75 valence electrons. The molecule has 0 spiro atoms. The van der Waals surface area contributed by atoms with Crippen molar-refractivity contribution < 1.29 is 4.79 Å². The van der Waals surface area contributed by atoms with E-state index in [1.807, 2.05) is 37.6 Å². The smallest absolute Gasteiger partial charge is 0.251 e. The van der Waals surface area contributed by atoms with Crippen molar-refractivity contribution in [2.75, 3.05) is 6.54 Å². The van der Waals surface area contributed by atoms with Crippen molar-refractivity contribution in [1.29, 1.82) is 0 Å². The molecule has 0 unspecified atom stereocenters. The van der Waals surface area contributed by atoms with E-state index in [-0.39, 0.29) is 5.91 Å². The molecule has 1 aromatic carbocycles. The quantitative estimate of drug-likeness (QED) is 0.725. The van der Waals surface area contributed by atoms with E-state index in [0.717, 1.165) is 12.0 Å². The van der Waals surface area contributed by atoms with Gasteiger partial charge in [0.1, 0.15) is 0 Å². The molecule has 0 saturated carbocycles. The highest BCUT2D eigenvalue weighted by Crippen LogP contribution is 2.02. The molecule has 1 amide bonds. The summed E-state index contributed by atoms with van der Waals surface area (Å²) >= 11 is 0. The highest BCUT2D eigenvalue weighted by molar-refractivity contribution is 5.94. The average Bonchev–Trinajstić information content (AvgIpc) is 2.19. The third-order valence-electron chi connectivity index (χ3n) is 2.01. The number of carbonyl (C=O) groups excluding carboxylic acids is 1. The van der Waals surface area contributed by atoms with Crippen LogP contribution in [-0.4, -0.2) is 12.5 Å². The van der Waals surface area contributed by atoms with Crippen LogP contribution in [0.5, 0.6) is 0 Å². The second kappa shape index (κ2) is 5.43. The molecule has 0 aliphatic carbocycles. The molecular formula is C12H16NO. The Morgan fingerprint density at radius 1 is 1.36 bits per heavy atom. The van der Waals surface area contributed by atoms with Crippen LogP contribution in [0.1, 0.15) is 29.3 Å². The van der Waals surface area contributed by atoms with E-state index in [4.69, 9.17) is 0 Å². The van der Waals surface area contributed by atoms with Gasteiger partial charge in [-0.3, -0.25) is 4.79 Å². The molecule has 0 heterocycles. The summed E-state index contributed by atoms with van der Waals surface area (Å²) in [7, 11) is 0. The molecule has 1 aromatic rings. The highest BCUT2D eigenvalue weighted by atomic mass is 16.1. The van der Waals surface area contributed by atoms with E-state index >= 15 is 0 Å². The van der Waals surface area contributed by atoms with Crippen LogP contribution in [-0.2, 0) is 0 Å². The minimum atomic E-state index is -0.00491. The average molecular weight is 190 g/mol. The van der Waals surface area contributed by atoms with Gasteiger partial charge in [-0.05, 0) is 25.5 Å². The monoisotopic (exact) mass is 190 g/mol. The van der Waals surface area contributed by atoms with Crippen LogP contribution in [0.25, 0.3) is 0 Å². The van der Waals surface area contributed by atoms with Crippen molar-refractivity contribution in [3.63, 3.8) is 0 Å². The number of hydrogen-bond acceptors (Lipinski definition) is 1. The van der Waals surface area contributed by atoms with Gasteiger partial charge in [-0.25, -0.2) is 0 Å². The maximum Gasteiger partial charge on any atom is 0.251 e. The number of unbranched alkanes of at least 4 members (excludes halogenated alkanes) is 1. The molecule has 1 radical (unpaired) electrons. The minimum Gasteiger partial charge on any atom is -0.352 e. The predicted octanol–water partition coefficient (Wildman–Crippen LogP) is 2.34. The Kier molecular flexibility index (Phi) is 4.17. The number of benzene rings is 1. The van der Waals surface area contributed by atoms with Crippen LogP contribution in [0.4, 0.5) is 0 Å². The van der Waals surface area contributed by atoms with Crippen molar-refractivity contribution in [3.8, 4) is 0 Å². The topological polar surface area (TPSA) is 29.1 Å². The van der Waals surface area contributed by atoms with Gasteiger partial charge in [-0.1, -0.05) is 31.0 Å². The lowest BCUT2D eigenvalue weighted by atomic mass is 10.1. The molecule has 0 aliphatic heterocycles. The first-order valence-electron chi connectivity index (χ1n) is 4.90. The van der Waals surface area contributed by atoms with Gasteiger partial charge < -0.3 is 5.32 Å². The first-order chi connectivity index (χ1) is 6.74. The van der Waals surface area contributed by atoms with Crippen LogP contribution in [0, 0.1) is 13.3 Å². The number of aryl methyl sites for hydroxylation is 1. The normalized spacial score (nSPS) is 9.86. The zero-order valence-electron chi connectivity index (χ0n) is 8.71. The Hall–Kier alpha value is -1.31. The van der Waals surface area contributed by atoms with Crippen molar-refractivity contribution in [1.82, 2.24) is 5.32 Å². The van der Waals surface area contributed by atoms with Gasteiger partial charge in [0.25, 0.3) is 5.91 Å². The Labute approximate surface area is 85.3 Å². The fourth-order valence-electron chi connectivity index (χ4n) is 1.12. The van der Waals surface area contributed by atoms with E-state index < -0.39 is 0 Å². The van der Waals surface area contributed by atoms with E-state index in [9.17, 15) is 4.79 Å². The standard InChI is InChI=1S/C12H16NO/c1-3-4-9-13-12(14)11-7-5-10(2)6-8-11/h4-8H,3,9H2,1-2H3,(H,13,14). The predicted molar refractivity (Wildman–Crippen MR) is 58.1 cm³/mol. The number of hydrogen-bond donors (Lipinski definition) is 1. The maximum absolute atomic E-state index is 11.5. The first kappa shape index (κ1) is 10.8. The minimum absolute atomic E-state index is 0.00491. The lowest BCUT2D eigenvalue weighted by molar-refractivity contribution is 0.0956. The molecule has 0 aromatic heterocycles. The van der Waals surface area contributed by atoms with Crippen molar-refractivity contribution >= 4 is 5.91 Å². The summed E-state index contributed by atoms with van der Waals surface area (Å²) in [5, 5.41) is 2.82. The molecule has 2 heteroatoms. The van der Waals surface area contributed by atoms with Crippen LogP contribution in [0.2, 0.25) is 0 Å². The van der Waals surface area contributed by atoms with Crippen molar-refractivity contribution in [3.05, 3.63) is 41.8 Å². The molecule has 14 heavy (non-hydrogen) atoms. The molecule has 0 aliphatic rings. The number of amides is 1. The molecule has 1 rings (SSSR count). The van der Waals surface area contributed by atoms with Gasteiger partial charge in [-0.15, -0.1) is 0 Å². The summed E-state index contributed by atoms with van der Waals surface area (Å²) in [6, 6.07) is 7.57. The van der Waals surface area contributed by atoms with Crippen LogP contribution >= 0.6 is 0 Å². The van der Waals surface area contributed by atoms with Gasteiger partial charge in [0.2, 0.25) is 0 Å². The zero-order valence-corrected chi connectivity index (χ0v) is 8.71. The summed E-state index contributed by atoms with van der Waals surface area (Å²) in [5.74, 6) is -0.00491. The Bertz CT molecular complexity index is 290. The number of nitrogens with one attached hydrogen (secondary N) is 1. The van der Waals surface area contributed by atoms with Crippen LogP contribution < -0.4 is 5.32 Å². The van der Waals surface area contributed by atoms with Gasteiger partial charge in [0.05, 0.1) is 0 Å². The zero-order chi connectivity index (χ0) is 10.4. The first-order valence-corrected chi connectivity index (χ1v) is 4.90. The van der Waals surface area contributed by atoms with Crippen LogP contribution in [0.15, 0.2) is 24.3 Å². The Morgan fingerprint density at radius 2 is 2.00 bits per heavy atom. The summed E-state index contributed by atoms with van der Waals surface area (Å²) < 4.78 is 0. The molecule has 2 nitrogen and oxygen atoms in total. The second-order valence-corrected chi connectivity index (χ2v) is 3.27. The third kappa shape index (κ3) is 3.21. The summed E-state index contributed by atoms with van der Waals surface area (Å²) in [6.07, 6.45) is 3.01. The lowest BCUT2D eigenvalue weighted by Gasteiger charge is -2.03. The van der Waals surface area contributed by atoms with Gasteiger partial charge >= 0.3 is 0 Å². The molecular weight excluding hydrogens is 174 g/mol. The second-order valence-electron chi connectivity index (χ2n) is 3.27. The van der Waals surface area contributed by atoms with Gasteiger partial charge in [0.15, 0.2) is 0 Å². The fourth-order valence-corrected chi connectivity index (χ4v) is 1.12. The Morgan fingerprint density at radius 3 is 2.57 bits per heavy atom. The van der Waals surface area contributed by atoms with Crippen molar-refractivity contribution in [2.45, 2.75) is 20.3 Å². The van der Waals surface area contributed by atoms with Gasteiger partial charge in [-0.2, -0.15) is 0 Å². The molecule has 0 saturated heterocycles. The molecule has 0 bridgehead atoms. The fraction of sp³-hybridized carbons (Fsp3) is 0.333.